The second kappa shape index (κ2) is 19.8. The summed E-state index contributed by atoms with van der Waals surface area (Å²) < 4.78 is 33.5. The van der Waals surface area contributed by atoms with E-state index in [2.05, 4.69) is 29.0 Å². The topological polar surface area (TPSA) is 171 Å². The van der Waals surface area contributed by atoms with Gasteiger partial charge < -0.3 is 14.8 Å². The molecule has 4 N–H and O–H groups in total. The quantitative estimate of drug-likeness (QED) is 0.113. The maximum Gasteiger partial charge on any atom is 0.274 e. The third kappa shape index (κ3) is 10.4. The van der Waals surface area contributed by atoms with E-state index in [1.807, 2.05) is 91.0 Å². The number of benzene rings is 7. The fraction of sp³-hybridized carbons (Fsp3) is 0.0800. The minimum Gasteiger partial charge on any atom is -0.497 e. The molecule has 0 aromatic heterocycles. The molecule has 0 radical (unpaired) electrons. The summed E-state index contributed by atoms with van der Waals surface area (Å²) in [6.45, 7) is 0.237. The molecule has 2 amide bonds. The molecular formula is C50H41N5O7S3. The minimum atomic E-state index is -3.76. The Morgan fingerprint density at radius 1 is 0.569 bits per heavy atom. The lowest BCUT2D eigenvalue weighted by molar-refractivity contribution is 0.0537. The number of rotatable bonds is 10. The molecule has 2 aliphatic rings. The third-order valence-corrected chi connectivity index (χ3v) is 13.5. The van der Waals surface area contributed by atoms with Crippen LogP contribution >= 0.6 is 23.5 Å². The first-order chi connectivity index (χ1) is 31.5. The summed E-state index contributed by atoms with van der Waals surface area (Å²) in [5.74, 6) is 0.989. The monoisotopic (exact) mass is 919 g/mol. The van der Waals surface area contributed by atoms with E-state index in [0.29, 0.717) is 16.8 Å². The van der Waals surface area contributed by atoms with E-state index in [9.17, 15) is 18.0 Å². The number of carbonyl (C=O) groups is 2. The zero-order valence-corrected chi connectivity index (χ0v) is 37.7. The highest BCUT2D eigenvalue weighted by atomic mass is 32.2. The fourth-order valence-corrected chi connectivity index (χ4v) is 9.46. The molecule has 65 heavy (non-hydrogen) atoms. The number of nitrogens with two attached hydrogens (primary N) is 1. The molecule has 0 aliphatic carbocycles. The maximum atomic E-state index is 13.0. The molecule has 0 fully saturated rings. The highest BCUT2D eigenvalue weighted by Crippen LogP contribution is 2.43. The summed E-state index contributed by atoms with van der Waals surface area (Å²) >= 11 is 3.25. The molecule has 7 aromatic carbocycles. The van der Waals surface area contributed by atoms with Crippen molar-refractivity contribution >= 4 is 68.2 Å². The van der Waals surface area contributed by atoms with Gasteiger partial charge >= 0.3 is 0 Å². The number of hydrogen-bond donors (Lipinski definition) is 3. The van der Waals surface area contributed by atoms with Crippen LogP contribution in [0.5, 0.6) is 11.5 Å². The Balaban J connectivity index is 0.000000184. The van der Waals surface area contributed by atoms with Crippen molar-refractivity contribution in [3.05, 3.63) is 197 Å². The molecule has 0 bridgehead atoms. The zero-order chi connectivity index (χ0) is 45.5. The highest BCUT2D eigenvalue weighted by Gasteiger charge is 2.22. The molecular weight excluding hydrogens is 879 g/mol. The van der Waals surface area contributed by atoms with Crippen LogP contribution in [-0.4, -0.2) is 53.0 Å². The van der Waals surface area contributed by atoms with E-state index in [-0.39, 0.29) is 23.3 Å². The van der Waals surface area contributed by atoms with Crippen LogP contribution < -0.4 is 25.4 Å². The maximum absolute atomic E-state index is 13.0. The molecule has 15 heteroatoms. The molecule has 0 unspecified atom stereocenters. The number of fused-ring (bicyclic) bond motifs is 4. The van der Waals surface area contributed by atoms with Gasteiger partial charge in [0.25, 0.3) is 11.8 Å². The van der Waals surface area contributed by atoms with Gasteiger partial charge in [-0.25, -0.2) is 29.0 Å². The average molecular weight is 920 g/mol. The van der Waals surface area contributed by atoms with Gasteiger partial charge in [-0.3, -0.25) is 14.4 Å². The molecule has 12 nitrogen and oxygen atoms in total. The van der Waals surface area contributed by atoms with Crippen LogP contribution in [0.4, 0.5) is 11.4 Å². The number of nitrogens with one attached hydrogen (secondary N) is 2. The highest BCUT2D eigenvalue weighted by molar-refractivity contribution is 8.00. The SMILES string of the molecule is CONC(=O)c1ccc2c(c1)N=C(c1ccc(OC)cc1)c1ccccc1S2.COc1ccc(C2=Nc3cc(C(=O)NCc4ccc(S(N)(=O)=O)cc4)ccc3Sc3ccccc32)cc1. The van der Waals surface area contributed by atoms with Gasteiger partial charge in [-0.15, -0.1) is 0 Å². The molecule has 0 saturated heterocycles. The predicted molar refractivity (Wildman–Crippen MR) is 254 cm³/mol. The minimum absolute atomic E-state index is 0.0253. The molecule has 326 valence electrons. The van der Waals surface area contributed by atoms with E-state index in [4.69, 9.17) is 29.4 Å². The second-order valence-electron chi connectivity index (χ2n) is 14.4. The van der Waals surface area contributed by atoms with Crippen molar-refractivity contribution in [1.29, 1.82) is 0 Å². The number of carbonyl (C=O) groups excluding carboxylic acids is 2. The summed E-state index contributed by atoms with van der Waals surface area (Å²) in [7, 11) is 0.926. The number of nitrogens with zero attached hydrogens (tertiary/aromatic N) is 2. The van der Waals surface area contributed by atoms with Gasteiger partial charge in [0.15, 0.2) is 0 Å². The van der Waals surface area contributed by atoms with Crippen molar-refractivity contribution < 1.29 is 32.3 Å². The summed E-state index contributed by atoms with van der Waals surface area (Å²) in [4.78, 5) is 44.0. The number of sulfonamides is 1. The van der Waals surface area contributed by atoms with Gasteiger partial charge in [-0.2, -0.15) is 0 Å². The molecule has 7 aromatic rings. The zero-order valence-electron chi connectivity index (χ0n) is 35.3. The van der Waals surface area contributed by atoms with Gasteiger partial charge in [-0.05, 0) is 115 Å². The largest absolute Gasteiger partial charge is 0.497 e. The Morgan fingerprint density at radius 2 is 1.03 bits per heavy atom. The molecule has 2 heterocycles. The molecule has 0 spiro atoms. The van der Waals surface area contributed by atoms with Gasteiger partial charge in [-0.1, -0.05) is 72.1 Å². The van der Waals surface area contributed by atoms with Crippen LogP contribution in [0.25, 0.3) is 0 Å². The van der Waals surface area contributed by atoms with Crippen LogP contribution in [-0.2, 0) is 21.4 Å². The van der Waals surface area contributed by atoms with Crippen molar-refractivity contribution in [2.24, 2.45) is 15.1 Å². The number of methoxy groups -OCH3 is 2. The van der Waals surface area contributed by atoms with Crippen molar-refractivity contribution in [3.8, 4) is 11.5 Å². The summed E-state index contributed by atoms with van der Waals surface area (Å²) in [6.07, 6.45) is 0. The first kappa shape index (κ1) is 44.6. The van der Waals surface area contributed by atoms with Crippen LogP contribution in [0.15, 0.2) is 192 Å². The molecule has 9 rings (SSSR count). The predicted octanol–water partition coefficient (Wildman–Crippen LogP) is 9.53. The Morgan fingerprint density at radius 3 is 1.48 bits per heavy atom. The van der Waals surface area contributed by atoms with Crippen molar-refractivity contribution in [2.75, 3.05) is 21.3 Å². The Bertz CT molecular complexity index is 3090. The molecule has 0 saturated carbocycles. The summed E-state index contributed by atoms with van der Waals surface area (Å²) in [6, 6.07) is 48.9. The summed E-state index contributed by atoms with van der Waals surface area (Å²) in [5, 5.41) is 8.02. The Labute approximate surface area is 385 Å². The van der Waals surface area contributed by atoms with Crippen molar-refractivity contribution in [2.45, 2.75) is 31.0 Å². The standard InChI is InChI=1S/C28H23N3O4S2.C22H18N2O3S/c1-35-21-11-8-19(9-12-21)27-23-4-2-3-5-25(23)36-26-15-10-20(16-24(26)31-27)28(32)30-17-18-6-13-22(14-7-18)37(29,33)34;1-26-16-10-7-14(8-11-16)21-17-5-3-4-6-19(17)28-20-12-9-15(13-18(20)23-21)22(25)24-27-2/h2-16H,17H2,1H3,(H,30,32)(H2,29,33,34);3-13H,1-2H3,(H,24,25). The van der Waals surface area contributed by atoms with Crippen LogP contribution in [0, 0.1) is 0 Å². The lowest BCUT2D eigenvalue weighted by Gasteiger charge is -2.09. The second-order valence-corrected chi connectivity index (χ2v) is 18.2. The average Bonchev–Trinajstić information content (AvgIpc) is 3.61. The van der Waals surface area contributed by atoms with Crippen LogP contribution in [0.2, 0.25) is 0 Å². The van der Waals surface area contributed by atoms with E-state index in [1.54, 1.807) is 74.1 Å². The normalized spacial score (nSPS) is 12.4. The number of primary sulfonamides is 1. The van der Waals surface area contributed by atoms with Gasteiger partial charge in [0.1, 0.15) is 11.5 Å². The first-order valence-corrected chi connectivity index (χ1v) is 23.2. The lowest BCUT2D eigenvalue weighted by Crippen LogP contribution is -2.22. The number of aliphatic imine (C=N–C) groups is 2. The number of ether oxygens (including phenoxy) is 2. The van der Waals surface area contributed by atoms with E-state index in [0.717, 1.165) is 76.0 Å². The molecule has 0 atom stereocenters. The lowest BCUT2D eigenvalue weighted by atomic mass is 10.0. The smallest absolute Gasteiger partial charge is 0.274 e. The Hall–Kier alpha value is -7.01. The van der Waals surface area contributed by atoms with Crippen molar-refractivity contribution in [1.82, 2.24) is 10.8 Å². The van der Waals surface area contributed by atoms with E-state index < -0.39 is 10.0 Å². The first-order valence-electron chi connectivity index (χ1n) is 20.0. The van der Waals surface area contributed by atoms with Crippen LogP contribution in [0.1, 0.15) is 48.5 Å². The van der Waals surface area contributed by atoms with E-state index in [1.165, 1.54) is 19.2 Å². The van der Waals surface area contributed by atoms with Crippen molar-refractivity contribution in [3.63, 3.8) is 0 Å². The third-order valence-electron chi connectivity index (χ3n) is 10.3. The van der Waals surface area contributed by atoms with Gasteiger partial charge in [0, 0.05) is 59.5 Å². The molecule has 2 aliphatic heterocycles. The number of hydrogen-bond acceptors (Lipinski definition) is 11. The van der Waals surface area contributed by atoms with E-state index >= 15 is 0 Å². The fourth-order valence-electron chi connectivity index (χ4n) is 6.94. The van der Waals surface area contributed by atoms with Gasteiger partial charge in [0.2, 0.25) is 10.0 Å². The number of hydroxylamine groups is 1. The van der Waals surface area contributed by atoms with Crippen LogP contribution in [0.3, 0.4) is 0 Å². The Kier molecular flexibility index (Phi) is 13.6. The number of amides is 2. The summed E-state index contributed by atoms with van der Waals surface area (Å²) in [5.41, 5.74) is 11.2. The van der Waals surface area contributed by atoms with Gasteiger partial charge in [0.05, 0.1) is 49.0 Å².